The lowest BCUT2D eigenvalue weighted by Gasteiger charge is -2.31. The highest BCUT2D eigenvalue weighted by Crippen LogP contribution is 2.19. The second kappa shape index (κ2) is 5.75. The van der Waals surface area contributed by atoms with E-state index in [1.165, 1.54) is 25.9 Å². The van der Waals surface area contributed by atoms with Gasteiger partial charge in [0.1, 0.15) is 6.61 Å². The van der Waals surface area contributed by atoms with Crippen molar-refractivity contribution in [3.05, 3.63) is 10.6 Å². The highest BCUT2D eigenvalue weighted by atomic mass is 32.1. The van der Waals surface area contributed by atoms with Crippen LogP contribution < -0.4 is 0 Å². The maximum atomic E-state index is 9.18. The van der Waals surface area contributed by atoms with Gasteiger partial charge in [-0.3, -0.25) is 5.10 Å². The van der Waals surface area contributed by atoms with Gasteiger partial charge in [-0.2, -0.15) is 5.10 Å². The van der Waals surface area contributed by atoms with Crippen LogP contribution in [-0.2, 0) is 13.2 Å². The maximum Gasteiger partial charge on any atom is 0.195 e. The Hall–Kier alpha value is -0.720. The summed E-state index contributed by atoms with van der Waals surface area (Å²) >= 11 is 5.18. The molecule has 0 unspecified atom stereocenters. The van der Waals surface area contributed by atoms with Crippen LogP contribution in [0.3, 0.4) is 0 Å². The Bertz CT molecular complexity index is 406. The number of aliphatic hydroxyl groups is 1. The third-order valence-electron chi connectivity index (χ3n) is 3.57. The summed E-state index contributed by atoms with van der Waals surface area (Å²) in [7, 11) is 0. The van der Waals surface area contributed by atoms with Crippen molar-refractivity contribution in [2.75, 3.05) is 19.6 Å². The number of nitrogens with zero attached hydrogens (tertiary/aromatic N) is 3. The van der Waals surface area contributed by atoms with Crippen molar-refractivity contribution in [1.82, 2.24) is 19.7 Å². The number of likely N-dealkylation sites (tertiary alicyclic amines) is 1. The monoisotopic (exact) mass is 256 g/mol. The lowest BCUT2D eigenvalue weighted by molar-refractivity contribution is 0.177. The van der Waals surface area contributed by atoms with Gasteiger partial charge < -0.3 is 14.6 Å². The fourth-order valence-electron chi connectivity index (χ4n) is 2.40. The summed E-state index contributed by atoms with van der Waals surface area (Å²) < 4.78 is 2.55. The van der Waals surface area contributed by atoms with E-state index in [4.69, 9.17) is 12.2 Å². The van der Waals surface area contributed by atoms with Gasteiger partial charge in [-0.25, -0.2) is 0 Å². The van der Waals surface area contributed by atoms with Crippen LogP contribution in [0.2, 0.25) is 0 Å². The highest BCUT2D eigenvalue weighted by molar-refractivity contribution is 7.71. The Balaban J connectivity index is 1.97. The third kappa shape index (κ3) is 2.94. The van der Waals surface area contributed by atoms with Crippen LogP contribution >= 0.6 is 12.2 Å². The largest absolute Gasteiger partial charge is 0.388 e. The fraction of sp³-hybridized carbons (Fsp3) is 0.818. The molecule has 2 rings (SSSR count). The summed E-state index contributed by atoms with van der Waals surface area (Å²) in [6.07, 6.45) is 2.40. The first kappa shape index (κ1) is 12.7. The fourth-order valence-corrected chi connectivity index (χ4v) is 2.63. The standard InChI is InChI=1S/C11H20N4OS/c1-2-14-5-3-9(4-6-14)7-15-10(8-16)12-13-11(15)17/h9,16H,2-8H2,1H3,(H,13,17). The predicted octanol–water partition coefficient (Wildman–Crippen LogP) is 1.16. The molecular weight excluding hydrogens is 236 g/mol. The minimum atomic E-state index is -0.0546. The quantitative estimate of drug-likeness (QED) is 0.794. The van der Waals surface area contributed by atoms with Crippen LogP contribution in [0.1, 0.15) is 25.6 Å². The van der Waals surface area contributed by atoms with E-state index in [1.54, 1.807) is 0 Å². The molecule has 0 radical (unpaired) electrons. The van der Waals surface area contributed by atoms with Gasteiger partial charge in [0, 0.05) is 6.54 Å². The average Bonchev–Trinajstić information content (AvgIpc) is 2.71. The zero-order chi connectivity index (χ0) is 12.3. The molecule has 1 aliphatic heterocycles. The van der Waals surface area contributed by atoms with E-state index < -0.39 is 0 Å². The molecule has 1 aromatic heterocycles. The first-order valence-corrected chi connectivity index (χ1v) is 6.62. The maximum absolute atomic E-state index is 9.18. The second-order valence-corrected chi connectivity index (χ2v) is 4.98. The summed E-state index contributed by atoms with van der Waals surface area (Å²) in [4.78, 5) is 2.47. The number of rotatable bonds is 4. The van der Waals surface area contributed by atoms with Crippen LogP contribution in [0.15, 0.2) is 0 Å². The van der Waals surface area contributed by atoms with Crippen molar-refractivity contribution in [1.29, 1.82) is 0 Å². The minimum absolute atomic E-state index is 0.0546. The SMILES string of the molecule is CCN1CCC(Cn2c(CO)n[nH]c2=S)CC1. The highest BCUT2D eigenvalue weighted by Gasteiger charge is 2.19. The number of hydrogen-bond acceptors (Lipinski definition) is 4. The van der Waals surface area contributed by atoms with Crippen LogP contribution in [0.4, 0.5) is 0 Å². The summed E-state index contributed by atoms with van der Waals surface area (Å²) in [6, 6.07) is 0. The van der Waals surface area contributed by atoms with Crippen molar-refractivity contribution >= 4 is 12.2 Å². The lowest BCUT2D eigenvalue weighted by atomic mass is 9.97. The lowest BCUT2D eigenvalue weighted by Crippen LogP contribution is -2.34. The van der Waals surface area contributed by atoms with E-state index in [0.717, 1.165) is 13.1 Å². The van der Waals surface area contributed by atoms with Crippen LogP contribution in [0.5, 0.6) is 0 Å². The molecule has 0 atom stereocenters. The molecule has 2 N–H and O–H groups in total. The van der Waals surface area contributed by atoms with Gasteiger partial charge in [-0.05, 0) is 50.6 Å². The van der Waals surface area contributed by atoms with Gasteiger partial charge in [0.25, 0.3) is 0 Å². The number of piperidine rings is 1. The molecule has 0 amide bonds. The molecule has 0 bridgehead atoms. The van der Waals surface area contributed by atoms with Gasteiger partial charge in [-0.15, -0.1) is 0 Å². The van der Waals surface area contributed by atoms with Gasteiger partial charge in [0.05, 0.1) is 0 Å². The Morgan fingerprint density at radius 3 is 2.76 bits per heavy atom. The molecule has 0 aromatic carbocycles. The molecule has 0 saturated carbocycles. The van der Waals surface area contributed by atoms with Crippen LogP contribution in [0.25, 0.3) is 0 Å². The predicted molar refractivity (Wildman–Crippen MR) is 68.2 cm³/mol. The number of aliphatic hydroxyl groups excluding tert-OH is 1. The number of nitrogens with one attached hydrogen (secondary N) is 1. The minimum Gasteiger partial charge on any atom is -0.388 e. The number of aromatic amines is 1. The molecule has 17 heavy (non-hydrogen) atoms. The van der Waals surface area contributed by atoms with Crippen LogP contribution in [0, 0.1) is 10.7 Å². The Morgan fingerprint density at radius 1 is 1.47 bits per heavy atom. The van der Waals surface area contributed by atoms with Gasteiger partial charge >= 0.3 is 0 Å². The number of H-pyrrole nitrogens is 1. The molecule has 1 saturated heterocycles. The third-order valence-corrected chi connectivity index (χ3v) is 3.89. The normalized spacial score (nSPS) is 18.7. The van der Waals surface area contributed by atoms with E-state index in [9.17, 15) is 5.11 Å². The first-order valence-electron chi connectivity index (χ1n) is 6.22. The molecule has 0 aliphatic carbocycles. The molecule has 1 aliphatic rings. The Morgan fingerprint density at radius 2 is 2.18 bits per heavy atom. The van der Waals surface area contributed by atoms with Gasteiger partial charge in [0.2, 0.25) is 0 Å². The Labute approximate surface area is 106 Å². The van der Waals surface area contributed by atoms with Crippen molar-refractivity contribution in [2.45, 2.75) is 32.9 Å². The molecular formula is C11H20N4OS. The molecule has 2 heterocycles. The van der Waals surface area contributed by atoms with Crippen LogP contribution in [-0.4, -0.2) is 44.4 Å². The summed E-state index contributed by atoms with van der Waals surface area (Å²) in [6.45, 7) is 6.50. The van der Waals surface area contributed by atoms with Crippen molar-refractivity contribution < 1.29 is 5.11 Å². The second-order valence-electron chi connectivity index (χ2n) is 4.59. The summed E-state index contributed by atoms with van der Waals surface area (Å²) in [5.74, 6) is 1.29. The Kier molecular flexibility index (Phi) is 4.31. The first-order chi connectivity index (χ1) is 8.24. The molecule has 5 nitrogen and oxygen atoms in total. The number of aromatic nitrogens is 3. The zero-order valence-corrected chi connectivity index (χ0v) is 11.0. The van der Waals surface area contributed by atoms with Crippen molar-refractivity contribution in [2.24, 2.45) is 5.92 Å². The van der Waals surface area contributed by atoms with E-state index >= 15 is 0 Å². The topological polar surface area (TPSA) is 57.1 Å². The van der Waals surface area contributed by atoms with Crippen molar-refractivity contribution in [3.63, 3.8) is 0 Å². The van der Waals surface area contributed by atoms with Gasteiger partial charge in [0.15, 0.2) is 10.6 Å². The van der Waals surface area contributed by atoms with E-state index in [0.29, 0.717) is 16.5 Å². The van der Waals surface area contributed by atoms with E-state index in [-0.39, 0.29) is 6.61 Å². The molecule has 1 fully saturated rings. The molecule has 96 valence electrons. The zero-order valence-electron chi connectivity index (χ0n) is 10.2. The molecule has 0 spiro atoms. The molecule has 6 heteroatoms. The van der Waals surface area contributed by atoms with E-state index in [2.05, 4.69) is 22.0 Å². The smallest absolute Gasteiger partial charge is 0.195 e. The summed E-state index contributed by atoms with van der Waals surface area (Å²) in [5.41, 5.74) is 0. The average molecular weight is 256 g/mol. The van der Waals surface area contributed by atoms with Crippen molar-refractivity contribution in [3.8, 4) is 0 Å². The number of hydrogen-bond donors (Lipinski definition) is 2. The molecule has 1 aromatic rings. The summed E-state index contributed by atoms with van der Waals surface area (Å²) in [5, 5.41) is 15.9. The van der Waals surface area contributed by atoms with Gasteiger partial charge in [-0.1, -0.05) is 6.92 Å². The van der Waals surface area contributed by atoms with E-state index in [1.807, 2.05) is 4.57 Å².